The molecule has 0 aliphatic rings. The van der Waals surface area contributed by atoms with Gasteiger partial charge in [-0.3, -0.25) is 4.79 Å². The SMILES string of the molecule is CC(C)(CC(N)=O)NS(=O)(=O)c1ccc(F)c(C#N)c1. The molecular weight excluding hydrogens is 285 g/mol. The topological polar surface area (TPSA) is 113 Å². The maximum atomic E-state index is 13.2. The van der Waals surface area contributed by atoms with Crippen molar-refractivity contribution < 1.29 is 17.6 Å². The van der Waals surface area contributed by atoms with E-state index in [1.165, 1.54) is 13.8 Å². The lowest BCUT2D eigenvalue weighted by Gasteiger charge is -2.24. The zero-order valence-corrected chi connectivity index (χ0v) is 11.8. The monoisotopic (exact) mass is 299 g/mol. The number of amides is 1. The van der Waals surface area contributed by atoms with Crippen LogP contribution >= 0.6 is 0 Å². The van der Waals surface area contributed by atoms with E-state index in [-0.39, 0.29) is 16.9 Å². The molecule has 0 atom stereocenters. The fraction of sp³-hybridized carbons (Fsp3) is 0.333. The lowest BCUT2D eigenvalue weighted by molar-refractivity contribution is -0.119. The lowest BCUT2D eigenvalue weighted by Crippen LogP contribution is -2.45. The van der Waals surface area contributed by atoms with Crippen molar-refractivity contribution in [3.63, 3.8) is 0 Å². The van der Waals surface area contributed by atoms with Gasteiger partial charge in [-0.1, -0.05) is 0 Å². The summed E-state index contributed by atoms with van der Waals surface area (Å²) in [6.45, 7) is 2.98. The molecular formula is C12H14FN3O3S. The van der Waals surface area contributed by atoms with E-state index in [0.717, 1.165) is 18.2 Å². The second-order valence-corrected chi connectivity index (χ2v) is 6.57. The Balaban J connectivity index is 3.12. The van der Waals surface area contributed by atoms with Crippen molar-refractivity contribution in [1.82, 2.24) is 4.72 Å². The summed E-state index contributed by atoms with van der Waals surface area (Å²) in [7, 11) is -3.99. The van der Waals surface area contributed by atoms with Crippen molar-refractivity contribution in [3.8, 4) is 6.07 Å². The molecule has 1 amide bonds. The molecule has 6 nitrogen and oxygen atoms in total. The molecule has 1 rings (SSSR count). The number of carbonyl (C=O) groups is 1. The normalized spacial score (nSPS) is 11.9. The van der Waals surface area contributed by atoms with E-state index >= 15 is 0 Å². The van der Waals surface area contributed by atoms with Gasteiger partial charge < -0.3 is 5.73 Å². The number of nitriles is 1. The second-order valence-electron chi connectivity index (χ2n) is 4.89. The highest BCUT2D eigenvalue weighted by molar-refractivity contribution is 7.89. The number of nitrogens with zero attached hydrogens (tertiary/aromatic N) is 1. The van der Waals surface area contributed by atoms with Gasteiger partial charge in [0, 0.05) is 12.0 Å². The van der Waals surface area contributed by atoms with Gasteiger partial charge in [0.05, 0.1) is 10.5 Å². The largest absolute Gasteiger partial charge is 0.370 e. The van der Waals surface area contributed by atoms with Crippen LogP contribution in [0.25, 0.3) is 0 Å². The van der Waals surface area contributed by atoms with E-state index in [9.17, 15) is 17.6 Å². The molecule has 1 aromatic rings. The van der Waals surface area contributed by atoms with E-state index in [0.29, 0.717) is 0 Å². The number of rotatable bonds is 5. The van der Waals surface area contributed by atoms with Crippen molar-refractivity contribution in [3.05, 3.63) is 29.6 Å². The highest BCUT2D eigenvalue weighted by Gasteiger charge is 2.28. The predicted octanol–water partition coefficient (Wildman–Crippen LogP) is 0.630. The smallest absolute Gasteiger partial charge is 0.241 e. The molecule has 0 saturated heterocycles. The van der Waals surface area contributed by atoms with Crippen LogP contribution in [0.15, 0.2) is 23.1 Å². The Labute approximate surface area is 116 Å². The van der Waals surface area contributed by atoms with E-state index in [1.54, 1.807) is 6.07 Å². The average Bonchev–Trinajstić information content (AvgIpc) is 2.25. The Bertz CT molecular complexity index is 678. The average molecular weight is 299 g/mol. The quantitative estimate of drug-likeness (QED) is 0.830. The fourth-order valence-electron chi connectivity index (χ4n) is 1.65. The zero-order valence-electron chi connectivity index (χ0n) is 11.0. The molecule has 0 aliphatic heterocycles. The molecule has 0 heterocycles. The van der Waals surface area contributed by atoms with E-state index in [1.807, 2.05) is 0 Å². The van der Waals surface area contributed by atoms with Crippen LogP contribution in [-0.2, 0) is 14.8 Å². The standard InChI is InChI=1S/C12H14FN3O3S/c1-12(2,6-11(15)17)16-20(18,19)9-3-4-10(13)8(5-9)7-14/h3-5,16H,6H2,1-2H3,(H2,15,17). The molecule has 0 bridgehead atoms. The molecule has 0 fully saturated rings. The van der Waals surface area contributed by atoms with Crippen LogP contribution in [0.1, 0.15) is 25.8 Å². The Kier molecular flexibility index (Phi) is 4.47. The molecule has 0 unspecified atom stereocenters. The van der Waals surface area contributed by atoms with Crippen molar-refractivity contribution in [2.24, 2.45) is 5.73 Å². The number of nitrogens with one attached hydrogen (secondary N) is 1. The second kappa shape index (κ2) is 5.56. The number of primary amides is 1. The Hall–Kier alpha value is -1.98. The Morgan fingerprint density at radius 2 is 2.10 bits per heavy atom. The zero-order chi connectivity index (χ0) is 15.6. The van der Waals surface area contributed by atoms with Gasteiger partial charge in [0.1, 0.15) is 11.9 Å². The lowest BCUT2D eigenvalue weighted by atomic mass is 10.0. The summed E-state index contributed by atoms with van der Waals surface area (Å²) in [4.78, 5) is 10.6. The minimum atomic E-state index is -3.99. The van der Waals surface area contributed by atoms with Crippen molar-refractivity contribution in [2.75, 3.05) is 0 Å². The number of halogens is 1. The highest BCUT2D eigenvalue weighted by atomic mass is 32.2. The van der Waals surface area contributed by atoms with E-state index in [2.05, 4.69) is 4.72 Å². The minimum Gasteiger partial charge on any atom is -0.370 e. The van der Waals surface area contributed by atoms with Gasteiger partial charge in [-0.25, -0.2) is 17.5 Å². The van der Waals surface area contributed by atoms with Crippen LogP contribution in [-0.4, -0.2) is 19.9 Å². The Morgan fingerprint density at radius 3 is 2.60 bits per heavy atom. The number of hydrogen-bond acceptors (Lipinski definition) is 4. The first kappa shape index (κ1) is 16.1. The first-order valence-electron chi connectivity index (χ1n) is 5.59. The predicted molar refractivity (Wildman–Crippen MR) is 69.3 cm³/mol. The van der Waals surface area contributed by atoms with Crippen LogP contribution in [0.3, 0.4) is 0 Å². The van der Waals surface area contributed by atoms with Crippen molar-refractivity contribution in [1.29, 1.82) is 5.26 Å². The molecule has 108 valence electrons. The van der Waals surface area contributed by atoms with Crippen LogP contribution < -0.4 is 10.5 Å². The summed E-state index contributed by atoms with van der Waals surface area (Å²) in [6.07, 6.45) is -0.196. The summed E-state index contributed by atoms with van der Waals surface area (Å²) >= 11 is 0. The fourth-order valence-corrected chi connectivity index (χ4v) is 3.09. The molecule has 0 spiro atoms. The van der Waals surface area contributed by atoms with Gasteiger partial charge in [0.25, 0.3) is 0 Å². The first-order valence-corrected chi connectivity index (χ1v) is 7.08. The summed E-state index contributed by atoms with van der Waals surface area (Å²) in [5.41, 5.74) is 3.57. The molecule has 0 aliphatic carbocycles. The number of benzene rings is 1. The summed E-state index contributed by atoms with van der Waals surface area (Å²) in [5, 5.41) is 8.69. The molecule has 0 aromatic heterocycles. The Morgan fingerprint density at radius 1 is 1.50 bits per heavy atom. The summed E-state index contributed by atoms with van der Waals surface area (Å²) in [5.74, 6) is -1.46. The molecule has 0 saturated carbocycles. The van der Waals surface area contributed by atoms with Gasteiger partial charge in [0.2, 0.25) is 15.9 Å². The molecule has 1 aromatic carbocycles. The molecule has 3 N–H and O–H groups in total. The minimum absolute atomic E-state index is 0.196. The highest BCUT2D eigenvalue weighted by Crippen LogP contribution is 2.18. The van der Waals surface area contributed by atoms with Gasteiger partial charge in [-0.2, -0.15) is 5.26 Å². The van der Waals surface area contributed by atoms with E-state index < -0.39 is 27.3 Å². The summed E-state index contributed by atoms with van der Waals surface area (Å²) in [6, 6.07) is 4.43. The molecule has 0 radical (unpaired) electrons. The van der Waals surface area contributed by atoms with Gasteiger partial charge in [-0.15, -0.1) is 0 Å². The third kappa shape index (κ3) is 4.01. The van der Waals surface area contributed by atoms with Crippen molar-refractivity contribution >= 4 is 15.9 Å². The summed E-state index contributed by atoms with van der Waals surface area (Å²) < 4.78 is 39.7. The van der Waals surface area contributed by atoms with Crippen LogP contribution in [0.4, 0.5) is 4.39 Å². The van der Waals surface area contributed by atoms with Crippen LogP contribution in [0, 0.1) is 17.1 Å². The first-order chi connectivity index (χ1) is 9.07. The number of carbonyl (C=O) groups excluding carboxylic acids is 1. The van der Waals surface area contributed by atoms with Gasteiger partial charge in [-0.05, 0) is 32.0 Å². The maximum Gasteiger partial charge on any atom is 0.241 e. The molecule has 20 heavy (non-hydrogen) atoms. The maximum absolute atomic E-state index is 13.2. The third-order valence-electron chi connectivity index (χ3n) is 2.40. The van der Waals surface area contributed by atoms with Crippen LogP contribution in [0.5, 0.6) is 0 Å². The number of sulfonamides is 1. The van der Waals surface area contributed by atoms with Gasteiger partial charge in [0.15, 0.2) is 0 Å². The number of nitrogens with two attached hydrogens (primary N) is 1. The third-order valence-corrected chi connectivity index (χ3v) is 4.09. The molecule has 8 heteroatoms. The van der Waals surface area contributed by atoms with Crippen LogP contribution in [0.2, 0.25) is 0 Å². The van der Waals surface area contributed by atoms with Gasteiger partial charge >= 0.3 is 0 Å². The van der Waals surface area contributed by atoms with Crippen molar-refractivity contribution in [2.45, 2.75) is 30.7 Å². The number of hydrogen-bond donors (Lipinski definition) is 2. The van der Waals surface area contributed by atoms with E-state index in [4.69, 9.17) is 11.0 Å².